The summed E-state index contributed by atoms with van der Waals surface area (Å²) in [4.78, 5) is 14.2. The average Bonchev–Trinajstić information content (AvgIpc) is 2.59. The van der Waals surface area contributed by atoms with Crippen molar-refractivity contribution >= 4 is 5.91 Å². The maximum Gasteiger partial charge on any atom is 0.222 e. The summed E-state index contributed by atoms with van der Waals surface area (Å²) in [5.41, 5.74) is 6.29. The summed E-state index contributed by atoms with van der Waals surface area (Å²) in [5, 5.41) is 0. The van der Waals surface area contributed by atoms with Crippen molar-refractivity contribution in [1.82, 2.24) is 4.90 Å². The first kappa shape index (κ1) is 12.9. The normalized spacial score (nSPS) is 32.8. The van der Waals surface area contributed by atoms with Crippen LogP contribution in [0.5, 0.6) is 0 Å². The molecule has 1 amide bonds. The van der Waals surface area contributed by atoms with Gasteiger partial charge in [-0.25, -0.2) is 0 Å². The maximum absolute atomic E-state index is 12.2. The second-order valence-electron chi connectivity index (χ2n) is 6.73. The fourth-order valence-electron chi connectivity index (χ4n) is 3.22. The van der Waals surface area contributed by atoms with Gasteiger partial charge in [-0.2, -0.15) is 0 Å². The molecule has 0 bridgehead atoms. The Bertz CT molecular complexity index is 288. The van der Waals surface area contributed by atoms with Crippen molar-refractivity contribution in [2.75, 3.05) is 13.1 Å². The molecule has 17 heavy (non-hydrogen) atoms. The first-order chi connectivity index (χ1) is 7.96. The van der Waals surface area contributed by atoms with Crippen LogP contribution in [-0.2, 0) is 4.79 Å². The molecule has 2 unspecified atom stereocenters. The van der Waals surface area contributed by atoms with Crippen molar-refractivity contribution in [2.24, 2.45) is 17.1 Å². The van der Waals surface area contributed by atoms with E-state index in [2.05, 4.69) is 18.7 Å². The molecule has 3 nitrogen and oxygen atoms in total. The van der Waals surface area contributed by atoms with Gasteiger partial charge in [0.25, 0.3) is 0 Å². The van der Waals surface area contributed by atoms with Crippen LogP contribution in [0.4, 0.5) is 0 Å². The van der Waals surface area contributed by atoms with Gasteiger partial charge in [0.05, 0.1) is 0 Å². The van der Waals surface area contributed by atoms with Gasteiger partial charge in [-0.1, -0.05) is 20.3 Å². The van der Waals surface area contributed by atoms with Gasteiger partial charge in [0, 0.05) is 25.6 Å². The largest absolute Gasteiger partial charge is 0.342 e. The highest BCUT2D eigenvalue weighted by Gasteiger charge is 2.33. The van der Waals surface area contributed by atoms with E-state index in [1.165, 1.54) is 12.8 Å². The van der Waals surface area contributed by atoms with E-state index in [9.17, 15) is 4.79 Å². The molecule has 2 aliphatic rings. The minimum Gasteiger partial charge on any atom is -0.342 e. The van der Waals surface area contributed by atoms with Crippen LogP contribution in [-0.4, -0.2) is 29.9 Å². The highest BCUT2D eigenvalue weighted by atomic mass is 16.2. The lowest BCUT2D eigenvalue weighted by Crippen LogP contribution is -2.34. The molecule has 2 fully saturated rings. The molecule has 3 heteroatoms. The van der Waals surface area contributed by atoms with Gasteiger partial charge >= 0.3 is 0 Å². The second kappa shape index (κ2) is 4.97. The number of likely N-dealkylation sites (tertiary alicyclic amines) is 1. The molecule has 2 rings (SSSR count). The Labute approximate surface area is 105 Å². The SMILES string of the molecule is CC1(C)CCN(C(=O)CC2CCCC(N)C2)C1. The smallest absolute Gasteiger partial charge is 0.222 e. The molecule has 0 radical (unpaired) electrons. The average molecular weight is 238 g/mol. The molecule has 0 spiro atoms. The van der Waals surface area contributed by atoms with E-state index >= 15 is 0 Å². The zero-order valence-electron chi connectivity index (χ0n) is 11.2. The van der Waals surface area contributed by atoms with Crippen molar-refractivity contribution in [1.29, 1.82) is 0 Å². The van der Waals surface area contributed by atoms with Gasteiger partial charge in [-0.15, -0.1) is 0 Å². The number of carbonyl (C=O) groups is 1. The highest BCUT2D eigenvalue weighted by Crippen LogP contribution is 2.31. The van der Waals surface area contributed by atoms with Crippen molar-refractivity contribution in [2.45, 2.75) is 58.4 Å². The summed E-state index contributed by atoms with van der Waals surface area (Å²) in [7, 11) is 0. The summed E-state index contributed by atoms with van der Waals surface area (Å²) in [6.45, 7) is 6.38. The van der Waals surface area contributed by atoms with Crippen molar-refractivity contribution in [3.8, 4) is 0 Å². The maximum atomic E-state index is 12.2. The van der Waals surface area contributed by atoms with Crippen molar-refractivity contribution < 1.29 is 4.79 Å². The Kier molecular flexibility index (Phi) is 3.76. The minimum absolute atomic E-state index is 0.318. The highest BCUT2D eigenvalue weighted by molar-refractivity contribution is 5.76. The fourth-order valence-corrected chi connectivity index (χ4v) is 3.22. The molecule has 0 aromatic heterocycles. The van der Waals surface area contributed by atoms with Crippen LogP contribution < -0.4 is 5.73 Å². The number of hydrogen-bond acceptors (Lipinski definition) is 2. The summed E-state index contributed by atoms with van der Waals surface area (Å²) in [6, 6.07) is 0.330. The standard InChI is InChI=1S/C14H26N2O/c1-14(2)6-7-16(10-14)13(17)9-11-4-3-5-12(15)8-11/h11-12H,3-10,15H2,1-2H3. The molecule has 2 N–H and O–H groups in total. The topological polar surface area (TPSA) is 46.3 Å². The van der Waals surface area contributed by atoms with Gasteiger partial charge in [0.1, 0.15) is 0 Å². The number of amides is 1. The predicted molar refractivity (Wildman–Crippen MR) is 69.5 cm³/mol. The Morgan fingerprint density at radius 1 is 1.41 bits per heavy atom. The number of rotatable bonds is 2. The molecule has 1 heterocycles. The third-order valence-electron chi connectivity index (χ3n) is 4.32. The minimum atomic E-state index is 0.318. The van der Waals surface area contributed by atoms with E-state index in [0.717, 1.165) is 38.8 Å². The van der Waals surface area contributed by atoms with Gasteiger partial charge in [-0.05, 0) is 37.0 Å². The van der Waals surface area contributed by atoms with E-state index < -0.39 is 0 Å². The third-order valence-corrected chi connectivity index (χ3v) is 4.32. The second-order valence-corrected chi connectivity index (χ2v) is 6.73. The molecule has 2 atom stereocenters. The van der Waals surface area contributed by atoms with Gasteiger partial charge in [-0.3, -0.25) is 4.79 Å². The number of nitrogens with zero attached hydrogens (tertiary/aromatic N) is 1. The van der Waals surface area contributed by atoms with E-state index in [1.54, 1.807) is 0 Å². The fraction of sp³-hybridized carbons (Fsp3) is 0.929. The zero-order valence-corrected chi connectivity index (χ0v) is 11.2. The Balaban J connectivity index is 1.81. The van der Waals surface area contributed by atoms with Crippen LogP contribution in [0.2, 0.25) is 0 Å². The Hall–Kier alpha value is -0.570. The van der Waals surface area contributed by atoms with Crippen molar-refractivity contribution in [3.05, 3.63) is 0 Å². The van der Waals surface area contributed by atoms with Gasteiger partial charge in [0.2, 0.25) is 5.91 Å². The number of carbonyl (C=O) groups excluding carboxylic acids is 1. The van der Waals surface area contributed by atoms with E-state index in [1.807, 2.05) is 0 Å². The lowest BCUT2D eigenvalue weighted by atomic mass is 9.84. The quantitative estimate of drug-likeness (QED) is 0.801. The molecular weight excluding hydrogens is 212 g/mol. The Morgan fingerprint density at radius 3 is 2.76 bits per heavy atom. The van der Waals surface area contributed by atoms with E-state index in [4.69, 9.17) is 5.73 Å². The lowest BCUT2D eigenvalue weighted by molar-refractivity contribution is -0.131. The molecule has 0 aromatic rings. The predicted octanol–water partition coefficient (Wildman–Crippen LogP) is 2.15. The molecule has 1 aliphatic heterocycles. The van der Waals surface area contributed by atoms with Crippen LogP contribution in [0.25, 0.3) is 0 Å². The van der Waals surface area contributed by atoms with Crippen LogP contribution in [0, 0.1) is 11.3 Å². The Morgan fingerprint density at radius 2 is 2.18 bits per heavy atom. The molecule has 1 saturated carbocycles. The van der Waals surface area contributed by atoms with Crippen LogP contribution >= 0.6 is 0 Å². The lowest BCUT2D eigenvalue weighted by Gasteiger charge is -2.28. The van der Waals surface area contributed by atoms with Crippen LogP contribution in [0.3, 0.4) is 0 Å². The van der Waals surface area contributed by atoms with E-state index in [0.29, 0.717) is 23.3 Å². The number of nitrogens with two attached hydrogens (primary N) is 1. The monoisotopic (exact) mass is 238 g/mol. The summed E-state index contributed by atoms with van der Waals surface area (Å²) in [6.07, 6.45) is 6.44. The third kappa shape index (κ3) is 3.44. The molecule has 0 aromatic carbocycles. The van der Waals surface area contributed by atoms with Gasteiger partial charge < -0.3 is 10.6 Å². The first-order valence-electron chi connectivity index (χ1n) is 7.00. The molecule has 1 saturated heterocycles. The number of hydrogen-bond donors (Lipinski definition) is 1. The first-order valence-corrected chi connectivity index (χ1v) is 7.00. The van der Waals surface area contributed by atoms with E-state index in [-0.39, 0.29) is 0 Å². The summed E-state index contributed by atoms with van der Waals surface area (Å²) in [5.74, 6) is 0.893. The van der Waals surface area contributed by atoms with Gasteiger partial charge in [0.15, 0.2) is 0 Å². The molecule has 1 aliphatic carbocycles. The van der Waals surface area contributed by atoms with Crippen molar-refractivity contribution in [3.63, 3.8) is 0 Å². The van der Waals surface area contributed by atoms with Crippen LogP contribution in [0.15, 0.2) is 0 Å². The zero-order chi connectivity index (χ0) is 12.5. The summed E-state index contributed by atoms with van der Waals surface area (Å²) < 4.78 is 0. The molecule has 98 valence electrons. The van der Waals surface area contributed by atoms with Crippen LogP contribution in [0.1, 0.15) is 52.4 Å². The summed E-state index contributed by atoms with van der Waals surface area (Å²) >= 11 is 0. The molecular formula is C14H26N2O.